The van der Waals surface area contributed by atoms with Gasteiger partial charge in [-0.1, -0.05) is 90.4 Å². The molecule has 16 N–H and O–H groups in total. The van der Waals surface area contributed by atoms with Gasteiger partial charge in [0.25, 0.3) is 5.56 Å². The molecule has 356 valence electrons. The number of aromatic nitrogens is 2. The van der Waals surface area contributed by atoms with Gasteiger partial charge in [-0.05, 0) is 32.2 Å². The third-order valence-electron chi connectivity index (χ3n) is 11.3. The maximum absolute atomic E-state index is 14.1. The van der Waals surface area contributed by atoms with Gasteiger partial charge in [-0.3, -0.25) is 28.9 Å². The Bertz CT molecular complexity index is 1580. The number of aliphatic hydroxyl groups excluding tert-OH is 4. The zero-order valence-electron chi connectivity index (χ0n) is 36.4. The van der Waals surface area contributed by atoms with Crippen molar-refractivity contribution >= 4 is 17.8 Å². The Kier molecular flexibility index (Phi) is 24.7. The average molecular weight is 885 g/mol. The van der Waals surface area contributed by atoms with Crippen molar-refractivity contribution in [1.82, 2.24) is 25.5 Å². The van der Waals surface area contributed by atoms with Gasteiger partial charge in [0, 0.05) is 38.4 Å². The zero-order valence-corrected chi connectivity index (χ0v) is 36.4. The molecule has 0 spiro atoms. The minimum Gasteiger partial charge on any atom is -0.387 e. The second-order valence-electron chi connectivity index (χ2n) is 16.4. The van der Waals surface area contributed by atoms with Crippen LogP contribution in [0.2, 0.25) is 0 Å². The van der Waals surface area contributed by atoms with Crippen LogP contribution in [0, 0.1) is 0 Å². The van der Waals surface area contributed by atoms with Crippen molar-refractivity contribution in [2.45, 2.75) is 183 Å². The van der Waals surface area contributed by atoms with E-state index in [-0.39, 0.29) is 25.6 Å². The van der Waals surface area contributed by atoms with Gasteiger partial charge in [0.05, 0.1) is 6.04 Å². The van der Waals surface area contributed by atoms with Crippen LogP contribution in [0.4, 0.5) is 0 Å². The molecule has 62 heavy (non-hydrogen) atoms. The first-order valence-corrected chi connectivity index (χ1v) is 22.6. The van der Waals surface area contributed by atoms with Gasteiger partial charge in [-0.15, -0.1) is 0 Å². The van der Waals surface area contributed by atoms with E-state index in [0.29, 0.717) is 38.8 Å². The Morgan fingerprint density at radius 1 is 0.806 bits per heavy atom. The summed E-state index contributed by atoms with van der Waals surface area (Å²) in [6, 6.07) is -1.11. The number of carbonyl (C=O) groups is 2. The van der Waals surface area contributed by atoms with Gasteiger partial charge in [0.1, 0.15) is 48.8 Å². The number of guanidine groups is 1. The molecule has 21 heteroatoms. The molecule has 1 aromatic heterocycles. The molecular weight excluding hydrogens is 809 g/mol. The van der Waals surface area contributed by atoms with Crippen LogP contribution in [0.15, 0.2) is 26.8 Å². The normalized spacial score (nSPS) is 25.0. The number of aliphatic hydroxyl groups is 4. The molecule has 0 radical (unpaired) electrons. The molecule has 0 aliphatic carbocycles. The second kappa shape index (κ2) is 29.0. The van der Waals surface area contributed by atoms with E-state index in [1.54, 1.807) is 0 Å². The van der Waals surface area contributed by atoms with Crippen LogP contribution >= 0.6 is 0 Å². The summed E-state index contributed by atoms with van der Waals surface area (Å²) in [6.45, 7) is 2.96. The fourth-order valence-corrected chi connectivity index (χ4v) is 7.68. The number of hydrogen-bond acceptors (Lipinski definition) is 15. The number of nitrogens with one attached hydrogen (secondary N) is 4. The van der Waals surface area contributed by atoms with Crippen LogP contribution in [-0.4, -0.2) is 142 Å². The molecule has 21 nitrogen and oxygen atoms in total. The molecule has 1 aromatic rings. The van der Waals surface area contributed by atoms with Crippen LogP contribution < -0.4 is 50.1 Å². The molecule has 2 aliphatic rings. The van der Waals surface area contributed by atoms with E-state index < -0.39 is 90.4 Å². The summed E-state index contributed by atoms with van der Waals surface area (Å²) in [5.41, 5.74) is 20.8. The number of rotatable bonds is 32. The van der Waals surface area contributed by atoms with Gasteiger partial charge >= 0.3 is 5.69 Å². The summed E-state index contributed by atoms with van der Waals surface area (Å²) in [5, 5.41) is 52.9. The Balaban J connectivity index is 1.69. The van der Waals surface area contributed by atoms with Crippen molar-refractivity contribution in [3.63, 3.8) is 0 Å². The Hall–Kier alpha value is -3.51. The van der Waals surface area contributed by atoms with E-state index in [0.717, 1.165) is 42.5 Å². The lowest BCUT2D eigenvalue weighted by Crippen LogP contribution is -2.60. The summed E-state index contributed by atoms with van der Waals surface area (Å²) in [7, 11) is 0. The van der Waals surface area contributed by atoms with Crippen molar-refractivity contribution < 1.29 is 44.2 Å². The van der Waals surface area contributed by atoms with Gasteiger partial charge in [0.15, 0.2) is 18.5 Å². The van der Waals surface area contributed by atoms with Crippen LogP contribution in [0.1, 0.15) is 122 Å². The molecule has 11 atom stereocenters. The first-order valence-electron chi connectivity index (χ1n) is 22.6. The summed E-state index contributed by atoms with van der Waals surface area (Å²) in [4.78, 5) is 57.2. The van der Waals surface area contributed by atoms with Crippen molar-refractivity contribution in [1.29, 1.82) is 0 Å². The predicted octanol–water partition coefficient (Wildman–Crippen LogP) is -1.61. The number of aromatic amines is 1. The molecular formula is C41H76N10O11. The molecule has 2 amide bonds. The Labute approximate surface area is 364 Å². The number of nitrogens with two attached hydrogens (primary N) is 4. The SMILES string of the molecule is CCCCCCCCCCCCCCCCNC(=O)[C@@H](NCCCNC(=O)[C@@H](N)CCCN=C(N)N)[C@H](O[C@@H]1O[C@H](CN)[C@@H](O)[C@H]1O)[C@H]1O[C@@H](n2ccc(=O)[nH]c2=O)[C@H](O)[C@@H]1O. The van der Waals surface area contributed by atoms with E-state index >= 15 is 0 Å². The molecule has 2 fully saturated rings. The fraction of sp³-hybridized carbons (Fsp3) is 0.829. The van der Waals surface area contributed by atoms with Crippen molar-refractivity contribution in [3.05, 3.63) is 33.1 Å². The number of carbonyl (C=O) groups excluding carboxylic acids is 2. The largest absolute Gasteiger partial charge is 0.387 e. The van der Waals surface area contributed by atoms with Crippen molar-refractivity contribution in [3.8, 4) is 0 Å². The van der Waals surface area contributed by atoms with Crippen molar-refractivity contribution in [2.24, 2.45) is 27.9 Å². The lowest BCUT2D eigenvalue weighted by atomic mass is 9.98. The predicted molar refractivity (Wildman–Crippen MR) is 232 cm³/mol. The van der Waals surface area contributed by atoms with Crippen LogP contribution in [0.25, 0.3) is 0 Å². The van der Waals surface area contributed by atoms with E-state index in [2.05, 4.69) is 32.9 Å². The van der Waals surface area contributed by atoms with E-state index in [9.17, 15) is 39.6 Å². The van der Waals surface area contributed by atoms with Gasteiger partial charge < -0.3 is 73.5 Å². The maximum Gasteiger partial charge on any atom is 0.330 e. The molecule has 0 saturated carbocycles. The van der Waals surface area contributed by atoms with Crippen molar-refractivity contribution in [2.75, 3.05) is 32.7 Å². The van der Waals surface area contributed by atoms with Gasteiger partial charge in [-0.25, -0.2) is 4.79 Å². The number of hydrogen-bond donors (Lipinski definition) is 12. The second-order valence-corrected chi connectivity index (χ2v) is 16.4. The number of unbranched alkanes of at least 4 members (excludes halogenated alkanes) is 13. The highest BCUT2D eigenvalue weighted by Gasteiger charge is 2.54. The fourth-order valence-electron chi connectivity index (χ4n) is 7.68. The first-order chi connectivity index (χ1) is 29.8. The van der Waals surface area contributed by atoms with E-state index in [1.807, 2.05) is 0 Å². The molecule has 2 aliphatic heterocycles. The monoisotopic (exact) mass is 885 g/mol. The topological polar surface area (TPSA) is 350 Å². The number of nitrogens with zero attached hydrogens (tertiary/aromatic N) is 2. The van der Waals surface area contributed by atoms with E-state index in [4.69, 9.17) is 37.1 Å². The summed E-state index contributed by atoms with van der Waals surface area (Å²) >= 11 is 0. The highest BCUT2D eigenvalue weighted by molar-refractivity contribution is 5.82. The molecule has 0 aromatic carbocycles. The van der Waals surface area contributed by atoms with Gasteiger partial charge in [-0.2, -0.15) is 0 Å². The molecule has 2 saturated heterocycles. The summed E-state index contributed by atoms with van der Waals surface area (Å²) in [6.07, 6.45) is 4.90. The highest BCUT2D eigenvalue weighted by Crippen LogP contribution is 2.34. The third-order valence-corrected chi connectivity index (χ3v) is 11.3. The minimum atomic E-state index is -1.77. The molecule has 3 rings (SSSR count). The summed E-state index contributed by atoms with van der Waals surface area (Å²) < 4.78 is 18.9. The van der Waals surface area contributed by atoms with Crippen LogP contribution in [-0.2, 0) is 23.8 Å². The standard InChI is InChI=1S/C41H76N10O11/c1-2-3-4-5-6-7-8-9-10-11-12-13-14-15-20-48-37(58)29(46-22-17-23-47-36(57)26(43)18-16-21-49-40(44)45)34(62-39-33(56)30(53)27(25-42)60-39)35-31(54)32(55)38(61-35)51-24-19-28(52)50-41(51)59/h19,24,26-27,29-35,38-39,46,53-56H,2-18,20-23,25,42-43H2,1H3,(H,47,57)(H,48,58)(H4,44,45,49)(H,50,52,59)/t26-,27+,29-,30+,31-,32+,33+,34-,35-,38+,39-/m0/s1. The lowest BCUT2D eigenvalue weighted by Gasteiger charge is -2.35. The lowest BCUT2D eigenvalue weighted by molar-refractivity contribution is -0.226. The first kappa shape index (κ1) is 52.8. The molecule has 0 unspecified atom stereocenters. The van der Waals surface area contributed by atoms with Gasteiger partial charge in [0.2, 0.25) is 11.8 Å². The number of amides is 2. The zero-order chi connectivity index (χ0) is 45.4. The van der Waals surface area contributed by atoms with E-state index in [1.165, 1.54) is 57.8 Å². The third kappa shape index (κ3) is 17.6. The van der Waals surface area contributed by atoms with Crippen LogP contribution in [0.5, 0.6) is 0 Å². The Morgan fingerprint density at radius 3 is 1.98 bits per heavy atom. The number of H-pyrrole nitrogens is 1. The highest BCUT2D eigenvalue weighted by atomic mass is 16.7. The number of ether oxygens (including phenoxy) is 3. The smallest absolute Gasteiger partial charge is 0.330 e. The average Bonchev–Trinajstić information content (AvgIpc) is 3.69. The molecule has 3 heterocycles. The molecule has 0 bridgehead atoms. The summed E-state index contributed by atoms with van der Waals surface area (Å²) in [5.74, 6) is -1.02. The quantitative estimate of drug-likeness (QED) is 0.0220. The van der Waals surface area contributed by atoms with Crippen LogP contribution in [0.3, 0.4) is 0 Å². The minimum absolute atomic E-state index is 0.0523. The Morgan fingerprint density at radius 2 is 1.40 bits per heavy atom. The number of aliphatic imine (C=N–C) groups is 1. The maximum atomic E-state index is 14.1.